The highest BCUT2D eigenvalue weighted by Crippen LogP contribution is 2.27. The number of aromatic nitrogens is 3. The van der Waals surface area contributed by atoms with E-state index in [1.807, 2.05) is 35.8 Å². The van der Waals surface area contributed by atoms with Gasteiger partial charge in [-0.25, -0.2) is 0 Å². The van der Waals surface area contributed by atoms with E-state index in [1.54, 1.807) is 14.2 Å². The van der Waals surface area contributed by atoms with E-state index in [0.29, 0.717) is 34.8 Å². The number of amides is 1. The highest BCUT2D eigenvalue weighted by molar-refractivity contribution is 7.99. The monoisotopic (exact) mass is 336 g/mol. The normalized spacial score (nSPS) is 10.4. The summed E-state index contributed by atoms with van der Waals surface area (Å²) in [4.78, 5) is 11.3. The van der Waals surface area contributed by atoms with E-state index < -0.39 is 0 Å². The lowest BCUT2D eigenvalue weighted by molar-refractivity contribution is -0.118. The summed E-state index contributed by atoms with van der Waals surface area (Å²) in [6, 6.07) is 7.44. The number of hydrogen-bond acceptors (Lipinski definition) is 6. The standard InChI is InChI=1S/C15H20N4O3S/c1-4-19-13(17-18-15(19)23-10-14(20)16-2)9-22-12-8-6-5-7-11(12)21-3/h5-8H,4,9-10H2,1-3H3,(H,16,20). The van der Waals surface area contributed by atoms with Gasteiger partial charge in [0.05, 0.1) is 12.9 Å². The van der Waals surface area contributed by atoms with E-state index >= 15 is 0 Å². The van der Waals surface area contributed by atoms with Crippen molar-refractivity contribution >= 4 is 17.7 Å². The summed E-state index contributed by atoms with van der Waals surface area (Å²) in [7, 11) is 3.21. The Balaban J connectivity index is 2.05. The van der Waals surface area contributed by atoms with Crippen molar-refractivity contribution < 1.29 is 14.3 Å². The Labute approximate surface area is 139 Å². The number of para-hydroxylation sites is 2. The number of carbonyl (C=O) groups is 1. The van der Waals surface area contributed by atoms with Gasteiger partial charge in [-0.15, -0.1) is 10.2 Å². The summed E-state index contributed by atoms with van der Waals surface area (Å²) < 4.78 is 13.0. The van der Waals surface area contributed by atoms with Crippen molar-refractivity contribution in [1.82, 2.24) is 20.1 Å². The van der Waals surface area contributed by atoms with Crippen LogP contribution >= 0.6 is 11.8 Å². The Kier molecular flexibility index (Phi) is 6.28. The second-order valence-corrected chi connectivity index (χ2v) is 5.49. The first kappa shape index (κ1) is 17.1. The van der Waals surface area contributed by atoms with Gasteiger partial charge in [-0.3, -0.25) is 4.79 Å². The van der Waals surface area contributed by atoms with Gasteiger partial charge in [0.25, 0.3) is 0 Å². The zero-order valence-corrected chi connectivity index (χ0v) is 14.2. The van der Waals surface area contributed by atoms with Crippen molar-refractivity contribution in [2.45, 2.75) is 25.2 Å². The molecule has 0 radical (unpaired) electrons. The van der Waals surface area contributed by atoms with E-state index in [2.05, 4.69) is 15.5 Å². The Morgan fingerprint density at radius 2 is 2.04 bits per heavy atom. The molecule has 1 aromatic carbocycles. The molecule has 0 fully saturated rings. The summed E-state index contributed by atoms with van der Waals surface area (Å²) >= 11 is 1.35. The number of nitrogens with one attached hydrogen (secondary N) is 1. The fourth-order valence-electron chi connectivity index (χ4n) is 1.93. The van der Waals surface area contributed by atoms with E-state index in [9.17, 15) is 4.79 Å². The molecular weight excluding hydrogens is 316 g/mol. The molecule has 0 aliphatic heterocycles. The van der Waals surface area contributed by atoms with Crippen LogP contribution in [0.25, 0.3) is 0 Å². The van der Waals surface area contributed by atoms with Gasteiger partial charge in [-0.1, -0.05) is 23.9 Å². The molecule has 7 nitrogen and oxygen atoms in total. The lowest BCUT2D eigenvalue weighted by Gasteiger charge is -2.11. The lowest BCUT2D eigenvalue weighted by Crippen LogP contribution is -2.20. The highest BCUT2D eigenvalue weighted by Gasteiger charge is 2.14. The number of hydrogen-bond donors (Lipinski definition) is 1. The average molecular weight is 336 g/mol. The van der Waals surface area contributed by atoms with Gasteiger partial charge in [0, 0.05) is 13.6 Å². The molecule has 124 valence electrons. The smallest absolute Gasteiger partial charge is 0.230 e. The van der Waals surface area contributed by atoms with E-state index in [1.165, 1.54) is 11.8 Å². The Hall–Kier alpha value is -2.22. The molecule has 0 unspecified atom stereocenters. The van der Waals surface area contributed by atoms with E-state index in [4.69, 9.17) is 9.47 Å². The predicted octanol–water partition coefficient (Wildman–Crippen LogP) is 1.72. The Morgan fingerprint density at radius 3 is 2.70 bits per heavy atom. The van der Waals surface area contributed by atoms with Gasteiger partial charge in [-0.05, 0) is 19.1 Å². The van der Waals surface area contributed by atoms with Crippen LogP contribution in [0, 0.1) is 0 Å². The molecule has 0 aliphatic rings. The number of methoxy groups -OCH3 is 1. The van der Waals surface area contributed by atoms with Crippen LogP contribution in [0.3, 0.4) is 0 Å². The molecule has 2 rings (SSSR count). The molecule has 1 N–H and O–H groups in total. The minimum atomic E-state index is -0.0486. The van der Waals surface area contributed by atoms with E-state index in [0.717, 1.165) is 0 Å². The lowest BCUT2D eigenvalue weighted by atomic mass is 10.3. The number of ether oxygens (including phenoxy) is 2. The minimum Gasteiger partial charge on any atom is -0.493 e. The molecule has 0 saturated carbocycles. The molecule has 2 aromatic rings. The quantitative estimate of drug-likeness (QED) is 0.740. The van der Waals surface area contributed by atoms with Crippen LogP contribution in [0.4, 0.5) is 0 Å². The first-order valence-corrected chi connectivity index (χ1v) is 8.19. The van der Waals surface area contributed by atoms with Gasteiger partial charge in [0.1, 0.15) is 6.61 Å². The summed E-state index contributed by atoms with van der Waals surface area (Å²) in [6.45, 7) is 2.98. The first-order valence-electron chi connectivity index (χ1n) is 7.20. The van der Waals surface area contributed by atoms with Gasteiger partial charge in [-0.2, -0.15) is 0 Å². The molecule has 1 aromatic heterocycles. The number of carbonyl (C=O) groups excluding carboxylic acids is 1. The van der Waals surface area contributed by atoms with Gasteiger partial charge in [0.2, 0.25) is 5.91 Å². The Bertz CT molecular complexity index is 660. The summed E-state index contributed by atoms with van der Waals surface area (Å²) in [6.07, 6.45) is 0. The predicted molar refractivity (Wildman–Crippen MR) is 87.8 cm³/mol. The van der Waals surface area contributed by atoms with Crippen molar-refractivity contribution in [3.63, 3.8) is 0 Å². The highest BCUT2D eigenvalue weighted by atomic mass is 32.2. The summed E-state index contributed by atoms with van der Waals surface area (Å²) in [5, 5.41) is 11.6. The molecule has 0 aliphatic carbocycles. The van der Waals surface area contributed by atoms with Crippen molar-refractivity contribution in [3.8, 4) is 11.5 Å². The number of rotatable bonds is 8. The zero-order chi connectivity index (χ0) is 16.7. The van der Waals surface area contributed by atoms with Crippen molar-refractivity contribution in [1.29, 1.82) is 0 Å². The molecule has 1 amide bonds. The maximum Gasteiger partial charge on any atom is 0.230 e. The maximum absolute atomic E-state index is 11.3. The minimum absolute atomic E-state index is 0.0486. The van der Waals surface area contributed by atoms with Gasteiger partial charge >= 0.3 is 0 Å². The largest absolute Gasteiger partial charge is 0.493 e. The number of benzene rings is 1. The third-order valence-corrected chi connectivity index (χ3v) is 4.11. The van der Waals surface area contributed by atoms with Crippen LogP contribution in [0.5, 0.6) is 11.5 Å². The number of thioether (sulfide) groups is 1. The van der Waals surface area contributed by atoms with Crippen LogP contribution < -0.4 is 14.8 Å². The van der Waals surface area contributed by atoms with Crippen LogP contribution in [0.2, 0.25) is 0 Å². The van der Waals surface area contributed by atoms with Crippen molar-refractivity contribution in [2.75, 3.05) is 19.9 Å². The molecule has 1 heterocycles. The molecule has 0 saturated heterocycles. The second-order valence-electron chi connectivity index (χ2n) is 4.54. The van der Waals surface area contributed by atoms with Gasteiger partial charge < -0.3 is 19.4 Å². The third kappa shape index (κ3) is 4.38. The average Bonchev–Trinajstić information content (AvgIpc) is 2.99. The molecule has 0 spiro atoms. The van der Waals surface area contributed by atoms with Crippen LogP contribution in [-0.4, -0.2) is 40.6 Å². The summed E-state index contributed by atoms with van der Waals surface area (Å²) in [5.41, 5.74) is 0. The topological polar surface area (TPSA) is 78.3 Å². The number of nitrogens with zero attached hydrogens (tertiary/aromatic N) is 3. The fraction of sp³-hybridized carbons (Fsp3) is 0.400. The van der Waals surface area contributed by atoms with Gasteiger partial charge in [0.15, 0.2) is 22.5 Å². The third-order valence-electron chi connectivity index (χ3n) is 3.15. The molecule has 23 heavy (non-hydrogen) atoms. The van der Waals surface area contributed by atoms with Crippen molar-refractivity contribution in [2.24, 2.45) is 0 Å². The van der Waals surface area contributed by atoms with Crippen LogP contribution in [0.1, 0.15) is 12.7 Å². The van der Waals surface area contributed by atoms with Crippen LogP contribution in [0.15, 0.2) is 29.4 Å². The van der Waals surface area contributed by atoms with Crippen LogP contribution in [-0.2, 0) is 17.9 Å². The van der Waals surface area contributed by atoms with E-state index in [-0.39, 0.29) is 12.5 Å². The summed E-state index contributed by atoms with van der Waals surface area (Å²) in [5.74, 6) is 2.29. The zero-order valence-electron chi connectivity index (χ0n) is 13.4. The molecule has 0 bridgehead atoms. The Morgan fingerprint density at radius 1 is 1.30 bits per heavy atom. The maximum atomic E-state index is 11.3. The first-order chi connectivity index (χ1) is 11.2. The molecule has 8 heteroatoms. The fourth-order valence-corrected chi connectivity index (χ4v) is 2.83. The molecular formula is C15H20N4O3S. The van der Waals surface area contributed by atoms with Crippen molar-refractivity contribution in [3.05, 3.63) is 30.1 Å². The molecule has 0 atom stereocenters. The second kappa shape index (κ2) is 8.42. The SMILES string of the molecule is CCn1c(COc2ccccc2OC)nnc1SCC(=O)NC.